The van der Waals surface area contributed by atoms with Gasteiger partial charge < -0.3 is 14.5 Å². The van der Waals surface area contributed by atoms with Crippen LogP contribution in [0.3, 0.4) is 0 Å². The molecule has 0 aliphatic carbocycles. The van der Waals surface area contributed by atoms with Gasteiger partial charge in [0.2, 0.25) is 0 Å². The van der Waals surface area contributed by atoms with Crippen LogP contribution in [0.1, 0.15) is 21.0 Å². The molecule has 0 aliphatic heterocycles. The molecule has 7 nitrogen and oxygen atoms in total. The Morgan fingerprint density at radius 3 is 2.33 bits per heavy atom. The fourth-order valence-electron chi connectivity index (χ4n) is 2.24. The fraction of sp³-hybridized carbons (Fsp3) is 0.143. The zero-order valence-electron chi connectivity index (χ0n) is 11.3. The molecule has 1 aromatic carbocycles. The summed E-state index contributed by atoms with van der Waals surface area (Å²) in [6, 6.07) is 7.32. The molecule has 0 saturated heterocycles. The normalized spacial score (nSPS) is 10.8. The van der Waals surface area contributed by atoms with Crippen molar-refractivity contribution in [3.63, 3.8) is 0 Å². The third-order valence-corrected chi connectivity index (χ3v) is 3.19. The van der Waals surface area contributed by atoms with Gasteiger partial charge in [0.1, 0.15) is 0 Å². The van der Waals surface area contributed by atoms with Gasteiger partial charge in [-0.15, -0.1) is 10.2 Å². The molecule has 0 unspecified atom stereocenters. The van der Waals surface area contributed by atoms with E-state index in [1.54, 1.807) is 0 Å². The summed E-state index contributed by atoms with van der Waals surface area (Å²) in [5.41, 5.74) is 1.24. The number of benzene rings is 1. The molecular formula is C14H11N3O4. The first-order valence-corrected chi connectivity index (χ1v) is 6.11. The Morgan fingerprint density at radius 2 is 1.62 bits per heavy atom. The summed E-state index contributed by atoms with van der Waals surface area (Å²) >= 11 is 0. The average Bonchev–Trinajstić information content (AvgIpc) is 2.92. The maximum absolute atomic E-state index is 11.9. The second kappa shape index (κ2) is 4.86. The molecule has 0 fully saturated rings. The molecule has 3 aromatic rings. The molecule has 0 amide bonds. The molecule has 0 saturated carbocycles. The number of rotatable bonds is 2. The van der Waals surface area contributed by atoms with E-state index in [-0.39, 0.29) is 11.4 Å². The lowest BCUT2D eigenvalue weighted by molar-refractivity contribution is 0.0577. The van der Waals surface area contributed by atoms with Gasteiger partial charge in [0.15, 0.2) is 11.4 Å². The minimum atomic E-state index is -0.629. The van der Waals surface area contributed by atoms with Crippen LogP contribution in [-0.2, 0) is 9.47 Å². The smallest absolute Gasteiger partial charge is 0.360 e. The van der Waals surface area contributed by atoms with E-state index in [9.17, 15) is 9.59 Å². The van der Waals surface area contributed by atoms with E-state index in [0.717, 1.165) is 10.9 Å². The topological polar surface area (TPSA) is 94.2 Å². The molecule has 0 bridgehead atoms. The Labute approximate surface area is 118 Å². The number of hydrogen-bond acceptors (Lipinski definition) is 6. The number of nitrogens with one attached hydrogen (secondary N) is 1. The van der Waals surface area contributed by atoms with E-state index < -0.39 is 11.9 Å². The summed E-state index contributed by atoms with van der Waals surface area (Å²) < 4.78 is 9.41. The quantitative estimate of drug-likeness (QED) is 0.720. The van der Waals surface area contributed by atoms with Gasteiger partial charge in [-0.2, -0.15) is 0 Å². The highest BCUT2D eigenvalue weighted by Crippen LogP contribution is 2.29. The number of carbonyl (C=O) groups is 2. The lowest BCUT2D eigenvalue weighted by atomic mass is 10.1. The highest BCUT2D eigenvalue weighted by Gasteiger charge is 2.23. The van der Waals surface area contributed by atoms with Gasteiger partial charge in [-0.1, -0.05) is 18.2 Å². The van der Waals surface area contributed by atoms with Crippen molar-refractivity contribution in [2.45, 2.75) is 0 Å². The zero-order chi connectivity index (χ0) is 15.0. The minimum Gasteiger partial charge on any atom is -0.464 e. The van der Waals surface area contributed by atoms with Crippen LogP contribution < -0.4 is 0 Å². The molecule has 0 spiro atoms. The Kier molecular flexibility index (Phi) is 3.02. The van der Waals surface area contributed by atoms with Gasteiger partial charge >= 0.3 is 11.9 Å². The first-order chi connectivity index (χ1) is 10.2. The summed E-state index contributed by atoms with van der Waals surface area (Å²) in [5, 5.41) is 8.86. The third kappa shape index (κ3) is 1.90. The summed E-state index contributed by atoms with van der Waals surface area (Å²) in [7, 11) is 2.52. The van der Waals surface area contributed by atoms with Crippen LogP contribution in [0.2, 0.25) is 0 Å². The van der Waals surface area contributed by atoms with Gasteiger partial charge in [-0.25, -0.2) is 9.59 Å². The zero-order valence-corrected chi connectivity index (χ0v) is 11.3. The third-order valence-electron chi connectivity index (χ3n) is 3.19. The van der Waals surface area contributed by atoms with Crippen molar-refractivity contribution >= 4 is 33.7 Å². The molecule has 3 rings (SSSR count). The number of carbonyl (C=O) groups excluding carboxylic acids is 2. The molecule has 2 heterocycles. The molecule has 106 valence electrons. The first-order valence-electron chi connectivity index (χ1n) is 6.11. The van der Waals surface area contributed by atoms with Crippen LogP contribution in [0, 0.1) is 0 Å². The van der Waals surface area contributed by atoms with Crippen molar-refractivity contribution < 1.29 is 19.1 Å². The Bertz CT molecular complexity index is 869. The van der Waals surface area contributed by atoms with Gasteiger partial charge in [0, 0.05) is 16.3 Å². The Balaban J connectivity index is 2.46. The predicted octanol–water partition coefficient (Wildman–Crippen LogP) is 1.68. The number of esters is 2. The van der Waals surface area contributed by atoms with Crippen LogP contribution >= 0.6 is 0 Å². The Hall–Kier alpha value is -2.96. The van der Waals surface area contributed by atoms with Crippen molar-refractivity contribution in [1.82, 2.24) is 15.2 Å². The molecule has 0 atom stereocenters. The van der Waals surface area contributed by atoms with Crippen molar-refractivity contribution in [3.8, 4) is 0 Å². The van der Waals surface area contributed by atoms with Crippen LogP contribution in [0.25, 0.3) is 21.8 Å². The molecule has 0 radical (unpaired) electrons. The van der Waals surface area contributed by atoms with Gasteiger partial charge in [0.05, 0.1) is 19.7 Å². The minimum absolute atomic E-state index is 0.0244. The van der Waals surface area contributed by atoms with Crippen LogP contribution in [0.15, 0.2) is 24.3 Å². The predicted molar refractivity (Wildman–Crippen MR) is 74.1 cm³/mol. The second-order valence-electron chi connectivity index (χ2n) is 4.30. The van der Waals surface area contributed by atoms with E-state index in [1.165, 1.54) is 14.2 Å². The van der Waals surface area contributed by atoms with Crippen molar-refractivity contribution in [1.29, 1.82) is 0 Å². The number of H-pyrrole nitrogens is 1. The number of nitrogens with zero attached hydrogens (tertiary/aromatic N) is 2. The summed E-state index contributed by atoms with van der Waals surface area (Å²) in [6.07, 6.45) is 0. The number of hydrogen-bond donors (Lipinski definition) is 1. The number of para-hydroxylation sites is 1. The highest BCUT2D eigenvalue weighted by molar-refractivity contribution is 6.18. The monoisotopic (exact) mass is 285 g/mol. The SMILES string of the molecule is COC(=O)c1nnc(C(=O)OC)c2c1[nH]c1ccccc12. The first kappa shape index (κ1) is 13.0. The summed E-state index contributed by atoms with van der Waals surface area (Å²) in [6.45, 7) is 0. The van der Waals surface area contributed by atoms with E-state index in [4.69, 9.17) is 4.74 Å². The van der Waals surface area contributed by atoms with E-state index in [2.05, 4.69) is 19.9 Å². The number of methoxy groups -OCH3 is 2. The maximum Gasteiger partial charge on any atom is 0.360 e. The molecule has 21 heavy (non-hydrogen) atoms. The van der Waals surface area contributed by atoms with E-state index >= 15 is 0 Å². The summed E-state index contributed by atoms with van der Waals surface area (Å²) in [5.74, 6) is -1.25. The fourth-order valence-corrected chi connectivity index (χ4v) is 2.24. The number of aromatic amines is 1. The van der Waals surface area contributed by atoms with Crippen LogP contribution in [-0.4, -0.2) is 41.3 Å². The molecule has 2 aromatic heterocycles. The molecular weight excluding hydrogens is 274 g/mol. The van der Waals surface area contributed by atoms with Crippen LogP contribution in [0.5, 0.6) is 0 Å². The number of aromatic nitrogens is 3. The number of fused-ring (bicyclic) bond motifs is 3. The lowest BCUT2D eigenvalue weighted by Crippen LogP contribution is -2.12. The Morgan fingerprint density at radius 1 is 1.00 bits per heavy atom. The standard InChI is InChI=1S/C14H11N3O4/c1-20-13(18)11-9-7-5-3-4-6-8(7)15-10(9)12(17-16-11)14(19)21-2/h3-6,15H,1-2H3. The second-order valence-corrected chi connectivity index (χ2v) is 4.30. The van der Waals surface area contributed by atoms with Crippen molar-refractivity contribution in [2.24, 2.45) is 0 Å². The van der Waals surface area contributed by atoms with Gasteiger partial charge in [-0.3, -0.25) is 0 Å². The van der Waals surface area contributed by atoms with E-state index in [0.29, 0.717) is 10.9 Å². The van der Waals surface area contributed by atoms with Crippen molar-refractivity contribution in [2.75, 3.05) is 14.2 Å². The largest absolute Gasteiger partial charge is 0.464 e. The number of ether oxygens (including phenoxy) is 2. The maximum atomic E-state index is 11.9. The van der Waals surface area contributed by atoms with Gasteiger partial charge in [-0.05, 0) is 6.07 Å². The molecule has 7 heteroatoms. The van der Waals surface area contributed by atoms with Gasteiger partial charge in [0.25, 0.3) is 0 Å². The molecule has 1 N–H and O–H groups in total. The lowest BCUT2D eigenvalue weighted by Gasteiger charge is -2.03. The summed E-state index contributed by atoms with van der Waals surface area (Å²) in [4.78, 5) is 26.7. The average molecular weight is 285 g/mol. The highest BCUT2D eigenvalue weighted by atomic mass is 16.5. The van der Waals surface area contributed by atoms with E-state index in [1.807, 2.05) is 24.3 Å². The van der Waals surface area contributed by atoms with Crippen molar-refractivity contribution in [3.05, 3.63) is 35.7 Å². The van der Waals surface area contributed by atoms with Crippen LogP contribution in [0.4, 0.5) is 0 Å². The molecule has 0 aliphatic rings.